The molecule has 0 radical (unpaired) electrons. The largest absolute Gasteiger partial charge is 0.421 e. The number of hydrogen-bond donors (Lipinski definition) is 2. The first-order valence-corrected chi connectivity index (χ1v) is 10.7. The number of nitrogens with zero attached hydrogens (tertiary/aromatic N) is 6. The van der Waals surface area contributed by atoms with Crippen molar-refractivity contribution < 1.29 is 9.13 Å². The van der Waals surface area contributed by atoms with Gasteiger partial charge in [0.05, 0.1) is 29.0 Å². The predicted octanol–water partition coefficient (Wildman–Crippen LogP) is 3.92. The highest BCUT2D eigenvalue weighted by molar-refractivity contribution is 6.14. The number of aromatic amines is 1. The molecule has 0 bridgehead atoms. The van der Waals surface area contributed by atoms with Crippen LogP contribution in [-0.4, -0.2) is 51.1 Å². The highest BCUT2D eigenvalue weighted by atomic mass is 19.1. The van der Waals surface area contributed by atoms with Crippen molar-refractivity contribution in [3.05, 3.63) is 41.1 Å². The molecule has 1 spiro atoms. The minimum atomic E-state index is -0.361. The maximum Gasteiger partial charge on any atom is 0.326 e. The molecule has 2 aliphatic rings. The number of rotatable bonds is 5. The Kier molecular flexibility index (Phi) is 4.23. The molecule has 4 heterocycles. The standard InChI is InChI=1S/C22H21FN8O2/c1-11-25-7-13(8-26-11)33-21-28-19-17(14-5-12(23)6-15(24-2)18(14)27-19)20(29-21)31-9-22(10-31)4-3-16(22)30-32/h5-8,16,24H,3-4,9-10H2,1-2H3,(H,27,28,29). The molecule has 1 saturated carbocycles. The van der Waals surface area contributed by atoms with Crippen molar-refractivity contribution in [3.8, 4) is 11.8 Å². The number of ether oxygens (including phenoxy) is 1. The molecule has 1 aromatic carbocycles. The Labute approximate surface area is 187 Å². The normalized spacial score (nSPS) is 18.9. The van der Waals surface area contributed by atoms with Crippen LogP contribution >= 0.6 is 0 Å². The number of nitrogens with one attached hydrogen (secondary N) is 2. The van der Waals surface area contributed by atoms with Crippen LogP contribution in [0.25, 0.3) is 21.9 Å². The van der Waals surface area contributed by atoms with Gasteiger partial charge in [-0.15, -0.1) is 0 Å². The molecule has 168 valence electrons. The molecular formula is C22H21FN8O2. The van der Waals surface area contributed by atoms with E-state index in [1.165, 1.54) is 12.1 Å². The van der Waals surface area contributed by atoms with Gasteiger partial charge in [-0.25, -0.2) is 14.4 Å². The summed E-state index contributed by atoms with van der Waals surface area (Å²) in [4.78, 5) is 34.1. The molecule has 2 fully saturated rings. The second-order valence-electron chi connectivity index (χ2n) is 8.75. The Morgan fingerprint density at radius 1 is 1.27 bits per heavy atom. The van der Waals surface area contributed by atoms with E-state index in [-0.39, 0.29) is 23.3 Å². The van der Waals surface area contributed by atoms with Gasteiger partial charge in [0.25, 0.3) is 0 Å². The fourth-order valence-electron chi connectivity index (χ4n) is 4.91. The molecule has 4 aromatic rings. The van der Waals surface area contributed by atoms with E-state index in [2.05, 4.69) is 40.3 Å². The lowest BCUT2D eigenvalue weighted by molar-refractivity contribution is 0.0564. The molecule has 1 atom stereocenters. The Hall–Kier alpha value is -3.89. The number of halogens is 1. The van der Waals surface area contributed by atoms with Crippen LogP contribution in [0.15, 0.2) is 29.7 Å². The summed E-state index contributed by atoms with van der Waals surface area (Å²) in [6.07, 6.45) is 4.90. The fourth-order valence-corrected chi connectivity index (χ4v) is 4.91. The summed E-state index contributed by atoms with van der Waals surface area (Å²) in [5, 5.41) is 7.71. The zero-order chi connectivity index (χ0) is 22.7. The first-order chi connectivity index (χ1) is 16.0. The van der Waals surface area contributed by atoms with Gasteiger partial charge in [0.15, 0.2) is 5.75 Å². The Balaban J connectivity index is 1.49. The quantitative estimate of drug-likeness (QED) is 0.441. The van der Waals surface area contributed by atoms with Gasteiger partial charge in [-0.05, 0) is 31.9 Å². The Morgan fingerprint density at radius 3 is 2.73 bits per heavy atom. The van der Waals surface area contributed by atoms with Gasteiger partial charge < -0.3 is 19.9 Å². The van der Waals surface area contributed by atoms with Crippen molar-refractivity contribution in [3.63, 3.8) is 0 Å². The number of hydrogen-bond acceptors (Lipinski definition) is 9. The van der Waals surface area contributed by atoms with Crippen LogP contribution in [0.5, 0.6) is 11.8 Å². The van der Waals surface area contributed by atoms with E-state index in [1.54, 1.807) is 26.4 Å². The maximum atomic E-state index is 14.4. The number of aryl methyl sites for hydroxylation is 1. The van der Waals surface area contributed by atoms with E-state index in [9.17, 15) is 9.30 Å². The van der Waals surface area contributed by atoms with Crippen LogP contribution in [-0.2, 0) is 0 Å². The number of H-pyrrole nitrogens is 1. The van der Waals surface area contributed by atoms with Crippen LogP contribution in [0.2, 0.25) is 0 Å². The van der Waals surface area contributed by atoms with Gasteiger partial charge in [0.1, 0.15) is 29.1 Å². The lowest BCUT2D eigenvalue weighted by Crippen LogP contribution is -2.66. The van der Waals surface area contributed by atoms with Gasteiger partial charge in [0.2, 0.25) is 0 Å². The smallest absolute Gasteiger partial charge is 0.326 e. The molecule has 1 saturated heterocycles. The predicted molar refractivity (Wildman–Crippen MR) is 121 cm³/mol. The molecule has 6 rings (SSSR count). The minimum absolute atomic E-state index is 0.0989. The minimum Gasteiger partial charge on any atom is -0.421 e. The zero-order valence-electron chi connectivity index (χ0n) is 18.1. The molecule has 0 amide bonds. The van der Waals surface area contributed by atoms with E-state index < -0.39 is 0 Å². The number of anilines is 2. The summed E-state index contributed by atoms with van der Waals surface area (Å²) in [6, 6.07) is 2.87. The third kappa shape index (κ3) is 2.99. The summed E-state index contributed by atoms with van der Waals surface area (Å²) >= 11 is 0. The van der Waals surface area contributed by atoms with Crippen molar-refractivity contribution >= 4 is 33.4 Å². The number of aromatic nitrogens is 5. The zero-order valence-corrected chi connectivity index (χ0v) is 18.1. The average molecular weight is 448 g/mol. The Bertz CT molecular complexity index is 1400. The van der Waals surface area contributed by atoms with E-state index >= 15 is 0 Å². The molecule has 1 unspecified atom stereocenters. The second kappa shape index (κ2) is 7.06. The summed E-state index contributed by atoms with van der Waals surface area (Å²) < 4.78 is 20.3. The highest BCUT2D eigenvalue weighted by Crippen LogP contribution is 2.52. The average Bonchev–Trinajstić information content (AvgIpc) is 3.12. The molecule has 10 nitrogen and oxygen atoms in total. The first kappa shape index (κ1) is 19.8. The topological polar surface area (TPSA) is 121 Å². The van der Waals surface area contributed by atoms with Gasteiger partial charge >= 0.3 is 6.01 Å². The molecule has 11 heteroatoms. The van der Waals surface area contributed by atoms with Crippen LogP contribution < -0.4 is 15.0 Å². The number of nitroso groups, excluding NO2 is 1. The summed E-state index contributed by atoms with van der Waals surface area (Å²) in [6.45, 7) is 3.10. The molecule has 3 aromatic heterocycles. The highest BCUT2D eigenvalue weighted by Gasteiger charge is 2.56. The van der Waals surface area contributed by atoms with E-state index in [0.29, 0.717) is 52.6 Å². The molecule has 1 aliphatic heterocycles. The van der Waals surface area contributed by atoms with Crippen LogP contribution in [0.1, 0.15) is 18.7 Å². The van der Waals surface area contributed by atoms with Crippen LogP contribution in [0.4, 0.5) is 15.9 Å². The third-order valence-electron chi connectivity index (χ3n) is 6.78. The van der Waals surface area contributed by atoms with Crippen molar-refractivity contribution in [1.29, 1.82) is 0 Å². The van der Waals surface area contributed by atoms with Crippen LogP contribution in [0.3, 0.4) is 0 Å². The van der Waals surface area contributed by atoms with E-state index in [4.69, 9.17) is 4.74 Å². The lowest BCUT2D eigenvalue weighted by Gasteiger charge is -2.58. The van der Waals surface area contributed by atoms with Crippen molar-refractivity contribution in [2.24, 2.45) is 10.6 Å². The summed E-state index contributed by atoms with van der Waals surface area (Å²) in [5.74, 6) is 1.30. The fraction of sp³-hybridized carbons (Fsp3) is 0.364. The molecular weight excluding hydrogens is 427 g/mol. The molecule has 1 aliphatic carbocycles. The number of benzene rings is 1. The van der Waals surface area contributed by atoms with Gasteiger partial charge in [-0.2, -0.15) is 14.9 Å². The van der Waals surface area contributed by atoms with Gasteiger partial charge in [-0.3, -0.25) is 0 Å². The van der Waals surface area contributed by atoms with Crippen LogP contribution in [0, 0.1) is 23.1 Å². The van der Waals surface area contributed by atoms with Gasteiger partial charge in [0, 0.05) is 30.9 Å². The van der Waals surface area contributed by atoms with Gasteiger partial charge in [-0.1, -0.05) is 5.18 Å². The van der Waals surface area contributed by atoms with Crippen molar-refractivity contribution in [1.82, 2.24) is 24.9 Å². The second-order valence-corrected chi connectivity index (χ2v) is 8.75. The lowest BCUT2D eigenvalue weighted by atomic mass is 9.60. The van der Waals surface area contributed by atoms with E-state index in [1.807, 2.05) is 0 Å². The summed E-state index contributed by atoms with van der Waals surface area (Å²) in [7, 11) is 1.74. The monoisotopic (exact) mass is 448 g/mol. The number of fused-ring (bicyclic) bond motifs is 3. The maximum absolute atomic E-state index is 14.4. The van der Waals surface area contributed by atoms with E-state index in [0.717, 1.165) is 18.4 Å². The summed E-state index contributed by atoms with van der Waals surface area (Å²) in [5.41, 5.74) is 1.78. The SMILES string of the molecule is CNc1cc(F)cc2c1[nH]c1nc(Oc3cnc(C)nc3)nc(N3CC4(CCC4N=O)C3)c12. The molecule has 33 heavy (non-hydrogen) atoms. The first-order valence-electron chi connectivity index (χ1n) is 10.7. The molecule has 2 N–H and O–H groups in total. The Morgan fingerprint density at radius 2 is 2.06 bits per heavy atom. The van der Waals surface area contributed by atoms with Crippen molar-refractivity contribution in [2.75, 3.05) is 30.4 Å². The van der Waals surface area contributed by atoms with Crippen molar-refractivity contribution in [2.45, 2.75) is 25.8 Å². The third-order valence-corrected chi connectivity index (χ3v) is 6.78.